The van der Waals surface area contributed by atoms with Crippen LogP contribution in [0.5, 0.6) is 23.0 Å². The lowest BCUT2D eigenvalue weighted by Crippen LogP contribution is -2.01. The number of phenolic OH excluding ortho intramolecular Hbond substituents is 4. The van der Waals surface area contributed by atoms with E-state index in [1.165, 1.54) is 0 Å². The molecule has 0 amide bonds. The van der Waals surface area contributed by atoms with Gasteiger partial charge in [-0.15, -0.1) is 20.5 Å². The fourth-order valence-corrected chi connectivity index (χ4v) is 4.87. The van der Waals surface area contributed by atoms with Gasteiger partial charge in [0.15, 0.2) is 5.75 Å². The molecule has 4 aromatic carbocycles. The number of benzene rings is 4. The summed E-state index contributed by atoms with van der Waals surface area (Å²) in [6.45, 7) is 0. The molecular weight excluding hydrogens is 636 g/mol. The van der Waals surface area contributed by atoms with Gasteiger partial charge in [-0.2, -0.15) is 16.8 Å². The van der Waals surface area contributed by atoms with Crippen LogP contribution in [-0.4, -0.2) is 56.2 Å². The first-order valence-corrected chi connectivity index (χ1v) is 14.1. The normalized spacial score (nSPS) is 12.3. The lowest BCUT2D eigenvalue weighted by atomic mass is 10.1. The molecule has 0 unspecified atom stereocenters. The summed E-state index contributed by atoms with van der Waals surface area (Å²) in [6.07, 6.45) is 0. The van der Waals surface area contributed by atoms with Crippen molar-refractivity contribution in [3.63, 3.8) is 0 Å². The van der Waals surface area contributed by atoms with Crippen molar-refractivity contribution in [2.24, 2.45) is 20.5 Å². The summed E-state index contributed by atoms with van der Waals surface area (Å²) >= 11 is 0. The Kier molecular flexibility index (Phi) is 7.85. The fourth-order valence-electron chi connectivity index (χ4n) is 3.68. The van der Waals surface area contributed by atoms with Crippen molar-refractivity contribution < 1.29 is 56.2 Å². The molecule has 0 saturated carbocycles. The smallest absolute Gasteiger partial charge is 0.319 e. The summed E-state index contributed by atoms with van der Waals surface area (Å²) in [6, 6.07) is 5.91. The zero-order chi connectivity index (χ0) is 32.7. The molecule has 0 fully saturated rings. The summed E-state index contributed by atoms with van der Waals surface area (Å²) < 4.78 is 67.6. The monoisotopic (exact) mass is 650 g/mol. The Morgan fingerprint density at radius 1 is 0.659 bits per heavy atom. The minimum absolute atomic E-state index is 0.287. The van der Waals surface area contributed by atoms with Gasteiger partial charge >= 0.3 is 5.69 Å². The van der Waals surface area contributed by atoms with Crippen LogP contribution in [0.2, 0.25) is 0 Å². The molecule has 6 N–H and O–H groups in total. The van der Waals surface area contributed by atoms with Crippen molar-refractivity contribution in [2.45, 2.75) is 9.79 Å². The SMILES string of the molecule is O=[N+]([O-])c1cc(N=Nc2c(S(=O)(=O)O)cc3cc(S(=O)(=O)O)cc(N=Nc4ccc(O)cc4O)c3c2O)c(O)c([N+](=O)[O-])c1. The van der Waals surface area contributed by atoms with Gasteiger partial charge < -0.3 is 20.4 Å². The predicted molar refractivity (Wildman–Crippen MR) is 145 cm³/mol. The lowest BCUT2D eigenvalue weighted by Gasteiger charge is -2.12. The Bertz CT molecular complexity index is 2180. The summed E-state index contributed by atoms with van der Waals surface area (Å²) in [7, 11) is -10.4. The van der Waals surface area contributed by atoms with Gasteiger partial charge in [0.1, 0.15) is 33.5 Å². The van der Waals surface area contributed by atoms with Crippen LogP contribution in [0.3, 0.4) is 0 Å². The highest BCUT2D eigenvalue weighted by Gasteiger charge is 2.27. The van der Waals surface area contributed by atoms with E-state index in [4.69, 9.17) is 0 Å². The van der Waals surface area contributed by atoms with E-state index in [1.807, 2.05) is 0 Å². The first kappa shape index (κ1) is 31.1. The van der Waals surface area contributed by atoms with Gasteiger partial charge in [0.05, 0.1) is 31.9 Å². The summed E-state index contributed by atoms with van der Waals surface area (Å²) in [5.41, 5.74) is -5.05. The third-order valence-corrected chi connectivity index (χ3v) is 7.32. The second kappa shape index (κ2) is 11.1. The first-order chi connectivity index (χ1) is 20.4. The van der Waals surface area contributed by atoms with E-state index in [0.717, 1.165) is 18.2 Å². The molecule has 20 nitrogen and oxygen atoms in total. The number of non-ortho nitro benzene ring substituents is 1. The van der Waals surface area contributed by atoms with Gasteiger partial charge in [-0.1, -0.05) is 0 Å². The maximum Gasteiger partial charge on any atom is 0.319 e. The first-order valence-electron chi connectivity index (χ1n) is 11.2. The zero-order valence-electron chi connectivity index (χ0n) is 21.1. The van der Waals surface area contributed by atoms with Gasteiger partial charge in [-0.3, -0.25) is 29.3 Å². The minimum Gasteiger partial charge on any atom is -0.508 e. The van der Waals surface area contributed by atoms with Crippen molar-refractivity contribution >= 4 is 65.1 Å². The second-order valence-corrected chi connectivity index (χ2v) is 11.3. The number of rotatable bonds is 8. The van der Waals surface area contributed by atoms with E-state index >= 15 is 0 Å². The van der Waals surface area contributed by atoms with Gasteiger partial charge in [0.25, 0.3) is 25.9 Å². The van der Waals surface area contributed by atoms with Crippen molar-refractivity contribution in [3.8, 4) is 23.0 Å². The third-order valence-electron chi connectivity index (χ3n) is 5.62. The third kappa shape index (κ3) is 6.16. The van der Waals surface area contributed by atoms with Crippen molar-refractivity contribution in [2.75, 3.05) is 0 Å². The van der Waals surface area contributed by atoms with Crippen molar-refractivity contribution in [1.29, 1.82) is 0 Å². The number of phenols is 4. The van der Waals surface area contributed by atoms with Crippen molar-refractivity contribution in [3.05, 3.63) is 68.8 Å². The van der Waals surface area contributed by atoms with Crippen LogP contribution in [0.1, 0.15) is 0 Å². The maximum atomic E-state index is 12.2. The Morgan fingerprint density at radius 3 is 1.86 bits per heavy atom. The minimum atomic E-state index is -5.35. The molecule has 44 heavy (non-hydrogen) atoms. The molecule has 0 heterocycles. The second-order valence-electron chi connectivity index (χ2n) is 8.48. The number of fused-ring (bicyclic) bond motifs is 1. The number of nitro groups is 2. The largest absolute Gasteiger partial charge is 0.508 e. The van der Waals surface area contributed by atoms with Crippen LogP contribution < -0.4 is 0 Å². The zero-order valence-corrected chi connectivity index (χ0v) is 22.7. The van der Waals surface area contributed by atoms with Crippen LogP contribution in [0.4, 0.5) is 34.1 Å². The van der Waals surface area contributed by atoms with E-state index in [-0.39, 0.29) is 11.4 Å². The number of hydrogen-bond donors (Lipinski definition) is 6. The number of aromatic hydroxyl groups is 4. The fraction of sp³-hybridized carbons (Fsp3) is 0. The molecule has 0 atom stereocenters. The number of nitro benzene ring substituents is 2. The van der Waals surface area contributed by atoms with E-state index in [0.29, 0.717) is 30.3 Å². The molecule has 0 bridgehead atoms. The summed E-state index contributed by atoms with van der Waals surface area (Å²) in [4.78, 5) is 18.1. The Labute approximate surface area is 243 Å². The molecule has 0 radical (unpaired) electrons. The Morgan fingerprint density at radius 2 is 1.30 bits per heavy atom. The highest BCUT2D eigenvalue weighted by molar-refractivity contribution is 7.86. The molecule has 0 aliphatic heterocycles. The Hall–Kier alpha value is -5.84. The van der Waals surface area contributed by atoms with Gasteiger partial charge in [0.2, 0.25) is 5.75 Å². The molecule has 22 heteroatoms. The van der Waals surface area contributed by atoms with E-state index < -0.39 is 96.3 Å². The molecule has 4 aromatic rings. The predicted octanol–water partition coefficient (Wildman–Crippen LogP) is 4.80. The van der Waals surface area contributed by atoms with Crippen LogP contribution in [-0.2, 0) is 20.2 Å². The quantitative estimate of drug-likeness (QED) is 0.0645. The van der Waals surface area contributed by atoms with E-state index in [2.05, 4.69) is 20.5 Å². The Balaban J connectivity index is 2.05. The molecule has 0 aliphatic carbocycles. The van der Waals surface area contributed by atoms with Gasteiger partial charge in [0, 0.05) is 12.1 Å². The average Bonchev–Trinajstić information content (AvgIpc) is 2.90. The highest BCUT2D eigenvalue weighted by atomic mass is 32.2. The standard InChI is InChI=1S/C22H14N6O14S2/c29-11-1-2-13(17(30)7-11)23-24-14-8-12(43(37,38)39)3-9-4-18(44(40,41)42)20(22(32)19(9)14)26-25-15-5-10(27(33)34)6-16(21(15)31)28(35)36/h1-8,29-32H,(H,37,38,39)(H,40,41,42). The lowest BCUT2D eigenvalue weighted by molar-refractivity contribution is -0.394. The van der Waals surface area contributed by atoms with Crippen molar-refractivity contribution in [1.82, 2.24) is 0 Å². The van der Waals surface area contributed by atoms with Crippen LogP contribution in [0, 0.1) is 20.2 Å². The topological polar surface area (TPSA) is 325 Å². The highest BCUT2D eigenvalue weighted by Crippen LogP contribution is 2.47. The molecule has 0 saturated heterocycles. The van der Waals surface area contributed by atoms with Gasteiger partial charge in [-0.25, -0.2) is 0 Å². The van der Waals surface area contributed by atoms with Gasteiger partial charge in [-0.05, 0) is 35.7 Å². The summed E-state index contributed by atoms with van der Waals surface area (Å²) in [5, 5.41) is 76.3. The summed E-state index contributed by atoms with van der Waals surface area (Å²) in [5.74, 6) is -3.38. The molecule has 0 aromatic heterocycles. The molecule has 4 rings (SSSR count). The molecule has 0 aliphatic rings. The number of azo groups is 2. The van der Waals surface area contributed by atoms with Crippen LogP contribution >= 0.6 is 0 Å². The molecule has 228 valence electrons. The molecule has 0 spiro atoms. The van der Waals surface area contributed by atoms with E-state index in [9.17, 15) is 66.6 Å². The van der Waals surface area contributed by atoms with Crippen LogP contribution in [0.15, 0.2) is 78.8 Å². The molecular formula is C22H14N6O14S2. The number of nitrogens with zero attached hydrogens (tertiary/aromatic N) is 6. The van der Waals surface area contributed by atoms with Crippen LogP contribution in [0.25, 0.3) is 10.8 Å². The van der Waals surface area contributed by atoms with E-state index in [1.54, 1.807) is 0 Å². The maximum absolute atomic E-state index is 12.2. The number of hydrogen-bond acceptors (Lipinski definition) is 16. The average molecular weight is 651 g/mol.